The Bertz CT molecular complexity index is 538. The van der Waals surface area contributed by atoms with Crippen molar-refractivity contribution in [2.45, 2.75) is 32.7 Å². The van der Waals surface area contributed by atoms with Crippen molar-refractivity contribution >= 4 is 5.96 Å². The van der Waals surface area contributed by atoms with Crippen LogP contribution in [0, 0.1) is 0 Å². The lowest BCUT2D eigenvalue weighted by molar-refractivity contribution is 0.232. The molecule has 1 fully saturated rings. The van der Waals surface area contributed by atoms with Gasteiger partial charge >= 0.3 is 0 Å². The molecule has 138 valence electrons. The average molecular weight is 345 g/mol. The minimum Gasteiger partial charge on any atom is -0.489 e. The molecule has 0 unspecified atom stereocenters. The van der Waals surface area contributed by atoms with Gasteiger partial charge in [0, 0.05) is 25.2 Å². The van der Waals surface area contributed by atoms with Crippen molar-refractivity contribution in [2.24, 2.45) is 4.99 Å². The number of piperidine rings is 1. The van der Waals surface area contributed by atoms with E-state index in [4.69, 9.17) is 9.73 Å². The van der Waals surface area contributed by atoms with Crippen LogP contribution in [0.4, 0.5) is 0 Å². The number of benzene rings is 1. The Morgan fingerprint density at radius 3 is 2.80 bits per heavy atom. The molecule has 1 aromatic carbocycles. The number of nitrogens with zero attached hydrogens (tertiary/aromatic N) is 2. The first kappa shape index (κ1) is 19.3. The Balaban J connectivity index is 1.86. The van der Waals surface area contributed by atoms with Crippen LogP contribution in [-0.4, -0.2) is 50.2 Å². The molecule has 0 aliphatic carbocycles. The molecule has 0 bridgehead atoms. The predicted octanol–water partition coefficient (Wildman–Crippen LogP) is 2.79. The van der Waals surface area contributed by atoms with E-state index >= 15 is 0 Å². The van der Waals surface area contributed by atoms with Crippen molar-refractivity contribution in [1.82, 2.24) is 15.5 Å². The van der Waals surface area contributed by atoms with Gasteiger partial charge in [-0.15, -0.1) is 0 Å². The summed E-state index contributed by atoms with van der Waals surface area (Å²) in [6, 6.07) is 8.03. The van der Waals surface area contributed by atoms with E-state index in [1.54, 1.807) is 6.08 Å². The van der Waals surface area contributed by atoms with Crippen molar-refractivity contribution in [3.8, 4) is 5.75 Å². The van der Waals surface area contributed by atoms with Gasteiger partial charge in [-0.2, -0.15) is 0 Å². The summed E-state index contributed by atoms with van der Waals surface area (Å²) in [5.74, 6) is 1.73. The van der Waals surface area contributed by atoms with E-state index in [1.807, 2.05) is 18.2 Å². The highest BCUT2D eigenvalue weighted by atomic mass is 16.5. The van der Waals surface area contributed by atoms with Gasteiger partial charge in [0.1, 0.15) is 12.4 Å². The number of ether oxygens (including phenoxy) is 1. The summed E-state index contributed by atoms with van der Waals surface area (Å²) < 4.78 is 5.70. The van der Waals surface area contributed by atoms with Crippen molar-refractivity contribution < 1.29 is 4.74 Å². The Morgan fingerprint density at radius 1 is 1.24 bits per heavy atom. The standard InChI is InChI=1S/C20H32N4O/c1-3-16-25-19-11-7-6-10-18(19)17-23-20(21-4-2)22-12-15-24-13-8-5-9-14-24/h3,6-7,10-11H,1,4-5,8-9,12-17H2,2H3,(H2,21,22,23). The molecule has 1 aliphatic heterocycles. The molecule has 0 radical (unpaired) electrons. The van der Waals surface area contributed by atoms with Crippen LogP contribution >= 0.6 is 0 Å². The smallest absolute Gasteiger partial charge is 0.191 e. The van der Waals surface area contributed by atoms with Crippen LogP contribution in [0.2, 0.25) is 0 Å². The third kappa shape index (κ3) is 7.18. The lowest BCUT2D eigenvalue weighted by atomic mass is 10.1. The fourth-order valence-electron chi connectivity index (χ4n) is 2.95. The maximum Gasteiger partial charge on any atom is 0.191 e. The molecule has 1 heterocycles. The summed E-state index contributed by atoms with van der Waals surface area (Å²) >= 11 is 0. The normalized spacial score (nSPS) is 15.6. The third-order valence-corrected chi connectivity index (χ3v) is 4.25. The second-order valence-corrected chi connectivity index (χ2v) is 6.23. The lowest BCUT2D eigenvalue weighted by Gasteiger charge is -2.26. The Hall–Kier alpha value is -2.01. The monoisotopic (exact) mass is 344 g/mol. The molecule has 5 heteroatoms. The molecule has 1 aliphatic rings. The highest BCUT2D eigenvalue weighted by Crippen LogP contribution is 2.18. The van der Waals surface area contributed by atoms with E-state index in [9.17, 15) is 0 Å². The molecule has 0 aromatic heterocycles. The van der Waals surface area contributed by atoms with Gasteiger partial charge in [0.2, 0.25) is 0 Å². The SMILES string of the molecule is C=CCOc1ccccc1CN=C(NCC)NCCN1CCCCC1. The third-order valence-electron chi connectivity index (χ3n) is 4.25. The molecule has 0 spiro atoms. The van der Waals surface area contributed by atoms with Gasteiger partial charge in [-0.25, -0.2) is 4.99 Å². The maximum absolute atomic E-state index is 5.70. The van der Waals surface area contributed by atoms with Crippen LogP contribution in [0.3, 0.4) is 0 Å². The van der Waals surface area contributed by atoms with Crippen molar-refractivity contribution in [3.63, 3.8) is 0 Å². The summed E-state index contributed by atoms with van der Waals surface area (Å²) in [6.07, 6.45) is 5.79. The Morgan fingerprint density at radius 2 is 2.04 bits per heavy atom. The van der Waals surface area contributed by atoms with E-state index in [0.717, 1.165) is 36.9 Å². The van der Waals surface area contributed by atoms with Crippen molar-refractivity contribution in [1.29, 1.82) is 0 Å². The summed E-state index contributed by atoms with van der Waals surface area (Å²) in [5.41, 5.74) is 1.08. The molecule has 1 aromatic rings. The van der Waals surface area contributed by atoms with Gasteiger partial charge in [-0.1, -0.05) is 37.3 Å². The number of hydrogen-bond donors (Lipinski definition) is 2. The van der Waals surface area contributed by atoms with Crippen LogP contribution in [0.15, 0.2) is 41.9 Å². The van der Waals surface area contributed by atoms with Gasteiger partial charge in [-0.05, 0) is 38.9 Å². The van der Waals surface area contributed by atoms with Crippen LogP contribution in [0.5, 0.6) is 5.75 Å². The molecule has 2 rings (SSSR count). The summed E-state index contributed by atoms with van der Waals surface area (Å²) in [5, 5.41) is 6.76. The molecule has 2 N–H and O–H groups in total. The van der Waals surface area contributed by atoms with Gasteiger partial charge in [0.25, 0.3) is 0 Å². The summed E-state index contributed by atoms with van der Waals surface area (Å²) in [4.78, 5) is 7.23. The largest absolute Gasteiger partial charge is 0.489 e. The molecular formula is C20H32N4O. The molecule has 0 amide bonds. The highest BCUT2D eigenvalue weighted by Gasteiger charge is 2.09. The van der Waals surface area contributed by atoms with E-state index in [-0.39, 0.29) is 0 Å². The highest BCUT2D eigenvalue weighted by molar-refractivity contribution is 5.79. The van der Waals surface area contributed by atoms with E-state index in [2.05, 4.69) is 35.1 Å². The van der Waals surface area contributed by atoms with Gasteiger partial charge in [0.15, 0.2) is 5.96 Å². The first-order valence-corrected chi connectivity index (χ1v) is 9.39. The first-order chi connectivity index (χ1) is 12.3. The summed E-state index contributed by atoms with van der Waals surface area (Å²) in [7, 11) is 0. The van der Waals surface area contributed by atoms with Gasteiger partial charge in [0.05, 0.1) is 6.54 Å². The van der Waals surface area contributed by atoms with Crippen LogP contribution in [0.25, 0.3) is 0 Å². The minimum absolute atomic E-state index is 0.509. The number of para-hydroxylation sites is 1. The molecule has 25 heavy (non-hydrogen) atoms. The van der Waals surface area contributed by atoms with E-state index < -0.39 is 0 Å². The maximum atomic E-state index is 5.70. The van der Waals surface area contributed by atoms with Gasteiger partial charge < -0.3 is 20.3 Å². The molecule has 0 atom stereocenters. The topological polar surface area (TPSA) is 48.9 Å². The first-order valence-electron chi connectivity index (χ1n) is 9.39. The number of likely N-dealkylation sites (tertiary alicyclic amines) is 1. The zero-order chi connectivity index (χ0) is 17.7. The molecule has 5 nitrogen and oxygen atoms in total. The van der Waals surface area contributed by atoms with Crippen molar-refractivity contribution in [3.05, 3.63) is 42.5 Å². The second kappa shape index (κ2) is 11.5. The predicted molar refractivity (Wildman–Crippen MR) is 105 cm³/mol. The van der Waals surface area contributed by atoms with Crippen molar-refractivity contribution in [2.75, 3.05) is 39.3 Å². The van der Waals surface area contributed by atoms with Crippen LogP contribution in [-0.2, 0) is 6.54 Å². The average Bonchev–Trinajstić information content (AvgIpc) is 2.66. The van der Waals surface area contributed by atoms with E-state index in [1.165, 1.54) is 32.4 Å². The molecular weight excluding hydrogens is 312 g/mol. The van der Waals surface area contributed by atoms with Crippen LogP contribution < -0.4 is 15.4 Å². The molecule has 0 saturated carbocycles. The summed E-state index contributed by atoms with van der Waals surface area (Å²) in [6.45, 7) is 12.2. The zero-order valence-electron chi connectivity index (χ0n) is 15.5. The number of hydrogen-bond acceptors (Lipinski definition) is 3. The van der Waals surface area contributed by atoms with E-state index in [0.29, 0.717) is 13.2 Å². The number of aliphatic imine (C=N–C) groups is 1. The fourth-order valence-corrected chi connectivity index (χ4v) is 2.95. The second-order valence-electron chi connectivity index (χ2n) is 6.23. The quantitative estimate of drug-likeness (QED) is 0.411. The Labute approximate surface area is 152 Å². The molecule has 1 saturated heterocycles. The van der Waals surface area contributed by atoms with Crippen LogP contribution in [0.1, 0.15) is 31.7 Å². The minimum atomic E-state index is 0.509. The van der Waals surface area contributed by atoms with Gasteiger partial charge in [-0.3, -0.25) is 0 Å². The number of rotatable bonds is 9. The lowest BCUT2D eigenvalue weighted by Crippen LogP contribution is -2.42. The zero-order valence-corrected chi connectivity index (χ0v) is 15.5. The fraction of sp³-hybridized carbons (Fsp3) is 0.550. The number of nitrogens with one attached hydrogen (secondary N) is 2. The number of guanidine groups is 1. The Kier molecular flexibility index (Phi) is 8.91.